The van der Waals surface area contributed by atoms with Gasteiger partial charge >= 0.3 is 0 Å². The van der Waals surface area contributed by atoms with Crippen LogP contribution in [0.2, 0.25) is 0 Å². The Kier molecular flexibility index (Phi) is 7.61. The maximum atomic E-state index is 5.92. The van der Waals surface area contributed by atoms with Crippen LogP contribution in [0.15, 0.2) is 47.5 Å². The molecule has 0 atom stereocenters. The largest absolute Gasteiger partial charge is 0.494 e. The first kappa shape index (κ1) is 19.4. The standard InChI is InChI=1S/C20H27N3O3/c1-15-6-9-17(10-7-15)26-13-5-4-12-22-20(21)23-16-8-11-18(24-2)19(14-16)25-3/h6-11,14H,4-5,12-13H2,1-3H3,(H3,21,22,23). The molecule has 0 amide bonds. The van der Waals surface area contributed by atoms with Crippen molar-refractivity contribution in [1.82, 2.24) is 0 Å². The van der Waals surface area contributed by atoms with E-state index in [2.05, 4.69) is 17.2 Å². The number of unbranched alkanes of at least 4 members (excludes halogenated alkanes) is 1. The first-order chi connectivity index (χ1) is 12.6. The molecule has 3 N–H and O–H groups in total. The van der Waals surface area contributed by atoms with Crippen LogP contribution in [0.4, 0.5) is 5.69 Å². The molecule has 2 rings (SSSR count). The summed E-state index contributed by atoms with van der Waals surface area (Å²) >= 11 is 0. The summed E-state index contributed by atoms with van der Waals surface area (Å²) in [5, 5.41) is 3.05. The number of benzene rings is 2. The quantitative estimate of drug-likeness (QED) is 0.407. The zero-order chi connectivity index (χ0) is 18.8. The van der Waals surface area contributed by atoms with Crippen LogP contribution in [-0.2, 0) is 0 Å². The summed E-state index contributed by atoms with van der Waals surface area (Å²) in [5.41, 5.74) is 7.95. The summed E-state index contributed by atoms with van der Waals surface area (Å²) in [6.07, 6.45) is 1.82. The zero-order valence-corrected chi connectivity index (χ0v) is 15.6. The molecule has 0 aromatic heterocycles. The summed E-state index contributed by atoms with van der Waals surface area (Å²) in [7, 11) is 3.20. The minimum Gasteiger partial charge on any atom is -0.494 e. The third-order valence-corrected chi connectivity index (χ3v) is 3.78. The number of ether oxygens (including phenoxy) is 3. The van der Waals surface area contributed by atoms with Gasteiger partial charge in [0, 0.05) is 18.3 Å². The van der Waals surface area contributed by atoms with E-state index in [1.165, 1.54) is 5.56 Å². The van der Waals surface area contributed by atoms with Crippen LogP contribution in [-0.4, -0.2) is 33.3 Å². The second kappa shape index (κ2) is 10.2. The Bertz CT molecular complexity index is 715. The third kappa shape index (κ3) is 6.20. The van der Waals surface area contributed by atoms with Gasteiger partial charge < -0.3 is 25.3 Å². The van der Waals surface area contributed by atoms with Gasteiger partial charge in [0.15, 0.2) is 17.5 Å². The number of nitrogens with zero attached hydrogens (tertiary/aromatic N) is 1. The molecular weight excluding hydrogens is 330 g/mol. The lowest BCUT2D eigenvalue weighted by molar-refractivity contribution is 0.308. The molecule has 0 unspecified atom stereocenters. The van der Waals surface area contributed by atoms with Crippen molar-refractivity contribution in [3.05, 3.63) is 48.0 Å². The molecule has 2 aromatic carbocycles. The van der Waals surface area contributed by atoms with Gasteiger partial charge in [0.05, 0.1) is 20.8 Å². The molecule has 6 heteroatoms. The van der Waals surface area contributed by atoms with Gasteiger partial charge in [0.25, 0.3) is 0 Å². The van der Waals surface area contributed by atoms with Crippen LogP contribution in [0.3, 0.4) is 0 Å². The van der Waals surface area contributed by atoms with Crippen LogP contribution in [0.25, 0.3) is 0 Å². The van der Waals surface area contributed by atoms with E-state index in [-0.39, 0.29) is 0 Å². The van der Waals surface area contributed by atoms with Crippen molar-refractivity contribution in [1.29, 1.82) is 0 Å². The van der Waals surface area contributed by atoms with E-state index < -0.39 is 0 Å². The number of guanidine groups is 1. The van der Waals surface area contributed by atoms with Gasteiger partial charge in [-0.05, 0) is 44.0 Å². The fourth-order valence-corrected chi connectivity index (χ4v) is 2.34. The number of nitrogens with two attached hydrogens (primary N) is 1. The van der Waals surface area contributed by atoms with E-state index in [0.717, 1.165) is 24.3 Å². The topological polar surface area (TPSA) is 78.1 Å². The second-order valence-electron chi connectivity index (χ2n) is 5.83. The van der Waals surface area contributed by atoms with Crippen LogP contribution < -0.4 is 25.3 Å². The number of hydrogen-bond acceptors (Lipinski definition) is 4. The van der Waals surface area contributed by atoms with Crippen LogP contribution in [0.5, 0.6) is 17.2 Å². The van der Waals surface area contributed by atoms with Gasteiger partial charge in [0.1, 0.15) is 5.75 Å². The molecule has 0 fully saturated rings. The Balaban J connectivity index is 1.70. The molecule has 6 nitrogen and oxygen atoms in total. The van der Waals surface area contributed by atoms with E-state index in [4.69, 9.17) is 19.9 Å². The Hall–Kier alpha value is -2.89. The van der Waals surface area contributed by atoms with Crippen molar-refractivity contribution >= 4 is 11.6 Å². The fourth-order valence-electron chi connectivity index (χ4n) is 2.34. The lowest BCUT2D eigenvalue weighted by atomic mass is 10.2. The zero-order valence-electron chi connectivity index (χ0n) is 15.6. The van der Waals surface area contributed by atoms with E-state index in [0.29, 0.717) is 30.6 Å². The smallest absolute Gasteiger partial charge is 0.193 e. The molecule has 0 aliphatic rings. The highest BCUT2D eigenvalue weighted by Crippen LogP contribution is 2.29. The summed E-state index contributed by atoms with van der Waals surface area (Å²) < 4.78 is 16.2. The van der Waals surface area contributed by atoms with Gasteiger partial charge in [-0.25, -0.2) is 0 Å². The Morgan fingerprint density at radius 3 is 2.42 bits per heavy atom. The normalized spacial score (nSPS) is 11.1. The number of nitrogens with one attached hydrogen (secondary N) is 1. The molecule has 0 saturated heterocycles. The molecule has 26 heavy (non-hydrogen) atoms. The predicted molar refractivity (Wildman–Crippen MR) is 106 cm³/mol. The monoisotopic (exact) mass is 357 g/mol. The number of rotatable bonds is 9. The molecule has 0 spiro atoms. The van der Waals surface area contributed by atoms with E-state index >= 15 is 0 Å². The molecule has 0 saturated carbocycles. The predicted octanol–water partition coefficient (Wildman–Crippen LogP) is 3.60. The lowest BCUT2D eigenvalue weighted by Gasteiger charge is -2.11. The number of methoxy groups -OCH3 is 2. The van der Waals surface area contributed by atoms with Gasteiger partial charge in [-0.15, -0.1) is 0 Å². The highest BCUT2D eigenvalue weighted by molar-refractivity contribution is 5.92. The molecule has 0 bridgehead atoms. The third-order valence-electron chi connectivity index (χ3n) is 3.78. The summed E-state index contributed by atoms with van der Waals surface area (Å²) in [6.45, 7) is 3.37. The van der Waals surface area contributed by atoms with Crippen molar-refractivity contribution in [3.8, 4) is 17.2 Å². The Labute approximate surface area is 155 Å². The molecule has 0 radical (unpaired) electrons. The van der Waals surface area contributed by atoms with Gasteiger partial charge in [-0.2, -0.15) is 0 Å². The van der Waals surface area contributed by atoms with Crippen molar-refractivity contribution in [2.75, 3.05) is 32.7 Å². The maximum absolute atomic E-state index is 5.92. The minimum atomic E-state index is 0.372. The average Bonchev–Trinajstić information content (AvgIpc) is 2.65. The van der Waals surface area contributed by atoms with Crippen molar-refractivity contribution in [3.63, 3.8) is 0 Å². The molecule has 140 valence electrons. The number of hydrogen-bond donors (Lipinski definition) is 2. The van der Waals surface area contributed by atoms with Crippen molar-refractivity contribution in [2.24, 2.45) is 10.7 Å². The molecule has 0 aliphatic heterocycles. The summed E-state index contributed by atoms with van der Waals surface area (Å²) in [5.74, 6) is 2.58. The van der Waals surface area contributed by atoms with Gasteiger partial charge in [-0.3, -0.25) is 4.99 Å². The van der Waals surface area contributed by atoms with Crippen LogP contribution in [0, 0.1) is 6.92 Å². The molecular formula is C20H27N3O3. The van der Waals surface area contributed by atoms with E-state index in [1.807, 2.05) is 42.5 Å². The number of anilines is 1. The van der Waals surface area contributed by atoms with E-state index in [9.17, 15) is 0 Å². The number of aliphatic imine (C=N–C) groups is 1. The molecule has 0 heterocycles. The van der Waals surface area contributed by atoms with Gasteiger partial charge in [-0.1, -0.05) is 17.7 Å². The molecule has 0 aliphatic carbocycles. The maximum Gasteiger partial charge on any atom is 0.193 e. The Morgan fingerprint density at radius 1 is 1.00 bits per heavy atom. The second-order valence-corrected chi connectivity index (χ2v) is 5.83. The Morgan fingerprint density at radius 2 is 1.73 bits per heavy atom. The summed E-state index contributed by atoms with van der Waals surface area (Å²) in [4.78, 5) is 4.33. The lowest BCUT2D eigenvalue weighted by Crippen LogP contribution is -2.22. The highest BCUT2D eigenvalue weighted by Gasteiger charge is 2.05. The highest BCUT2D eigenvalue weighted by atomic mass is 16.5. The SMILES string of the molecule is COc1ccc(NC(N)=NCCCCOc2ccc(C)cc2)cc1OC. The fraction of sp³-hybridized carbons (Fsp3) is 0.350. The van der Waals surface area contributed by atoms with Crippen LogP contribution >= 0.6 is 0 Å². The van der Waals surface area contributed by atoms with Crippen molar-refractivity contribution in [2.45, 2.75) is 19.8 Å². The minimum absolute atomic E-state index is 0.372. The van der Waals surface area contributed by atoms with E-state index in [1.54, 1.807) is 14.2 Å². The first-order valence-corrected chi connectivity index (χ1v) is 8.61. The van der Waals surface area contributed by atoms with Gasteiger partial charge in [0.2, 0.25) is 0 Å². The summed E-state index contributed by atoms with van der Waals surface area (Å²) in [6, 6.07) is 13.5. The first-order valence-electron chi connectivity index (χ1n) is 8.61. The average molecular weight is 357 g/mol. The molecule has 2 aromatic rings. The van der Waals surface area contributed by atoms with Crippen LogP contribution in [0.1, 0.15) is 18.4 Å². The van der Waals surface area contributed by atoms with Crippen molar-refractivity contribution < 1.29 is 14.2 Å². The number of aryl methyl sites for hydroxylation is 1.